The Kier molecular flexibility index (Phi) is 4.66. The van der Waals surface area contributed by atoms with Crippen molar-refractivity contribution in [2.45, 2.75) is 19.5 Å². The molecule has 2 rings (SSSR count). The van der Waals surface area contributed by atoms with E-state index in [4.69, 9.17) is 0 Å². The predicted molar refractivity (Wildman–Crippen MR) is 75.8 cm³/mol. The molecular formula is C15H14BrF2N. The van der Waals surface area contributed by atoms with E-state index in [1.54, 1.807) is 6.07 Å². The summed E-state index contributed by atoms with van der Waals surface area (Å²) < 4.78 is 26.9. The second-order valence-electron chi connectivity index (χ2n) is 4.41. The first-order valence-corrected chi connectivity index (χ1v) is 6.78. The van der Waals surface area contributed by atoms with Gasteiger partial charge in [-0.15, -0.1) is 0 Å². The molecule has 1 atom stereocenters. The average molecular weight is 326 g/mol. The highest BCUT2D eigenvalue weighted by Gasteiger charge is 2.07. The van der Waals surface area contributed by atoms with Crippen molar-refractivity contribution >= 4 is 15.9 Å². The first-order valence-electron chi connectivity index (χ1n) is 5.99. The maximum atomic E-state index is 13.1. The summed E-state index contributed by atoms with van der Waals surface area (Å²) in [6.45, 7) is 2.52. The fourth-order valence-electron chi connectivity index (χ4n) is 1.81. The number of hydrogen-bond acceptors (Lipinski definition) is 1. The van der Waals surface area contributed by atoms with Gasteiger partial charge in [0.05, 0.1) is 0 Å². The topological polar surface area (TPSA) is 12.0 Å². The van der Waals surface area contributed by atoms with Gasteiger partial charge in [0, 0.05) is 17.1 Å². The molecule has 19 heavy (non-hydrogen) atoms. The molecule has 0 aliphatic heterocycles. The Bertz CT molecular complexity index is 572. The quantitative estimate of drug-likeness (QED) is 0.867. The Hall–Kier alpha value is -1.26. The highest BCUT2D eigenvalue weighted by atomic mass is 79.9. The minimum Gasteiger partial charge on any atom is -0.306 e. The van der Waals surface area contributed by atoms with Crippen molar-refractivity contribution in [1.29, 1.82) is 0 Å². The van der Waals surface area contributed by atoms with Crippen LogP contribution in [0.3, 0.4) is 0 Å². The van der Waals surface area contributed by atoms with Crippen molar-refractivity contribution in [2.75, 3.05) is 0 Å². The van der Waals surface area contributed by atoms with Crippen molar-refractivity contribution in [3.8, 4) is 0 Å². The van der Waals surface area contributed by atoms with Gasteiger partial charge < -0.3 is 5.32 Å². The van der Waals surface area contributed by atoms with Crippen LogP contribution in [0, 0.1) is 11.6 Å². The second-order valence-corrected chi connectivity index (χ2v) is 5.32. The van der Waals surface area contributed by atoms with Crippen LogP contribution in [0.15, 0.2) is 46.9 Å². The van der Waals surface area contributed by atoms with E-state index in [0.717, 1.165) is 21.7 Å². The molecule has 0 heterocycles. The number of rotatable bonds is 4. The molecule has 2 aromatic carbocycles. The molecule has 1 nitrogen and oxygen atoms in total. The number of benzene rings is 2. The Labute approximate surface area is 119 Å². The van der Waals surface area contributed by atoms with Crippen molar-refractivity contribution in [1.82, 2.24) is 5.32 Å². The lowest BCUT2D eigenvalue weighted by Gasteiger charge is -2.14. The van der Waals surface area contributed by atoms with E-state index < -0.39 is 11.6 Å². The van der Waals surface area contributed by atoms with E-state index in [1.807, 2.05) is 31.2 Å². The zero-order chi connectivity index (χ0) is 13.8. The van der Waals surface area contributed by atoms with Crippen LogP contribution >= 0.6 is 15.9 Å². The summed E-state index contributed by atoms with van der Waals surface area (Å²) in [5.74, 6) is -1.63. The summed E-state index contributed by atoms with van der Waals surface area (Å²) in [5.41, 5.74) is 1.86. The first-order chi connectivity index (χ1) is 9.06. The van der Waals surface area contributed by atoms with Gasteiger partial charge in [0.25, 0.3) is 0 Å². The fraction of sp³-hybridized carbons (Fsp3) is 0.200. The number of halogens is 3. The van der Waals surface area contributed by atoms with Crippen LogP contribution in [0.25, 0.3) is 0 Å². The maximum absolute atomic E-state index is 13.1. The van der Waals surface area contributed by atoms with Crippen molar-refractivity contribution in [3.05, 3.63) is 69.7 Å². The van der Waals surface area contributed by atoms with Crippen LogP contribution in [0.2, 0.25) is 0 Å². The maximum Gasteiger partial charge on any atom is 0.159 e. The number of hydrogen-bond donors (Lipinski definition) is 1. The second kappa shape index (κ2) is 6.26. The molecule has 0 fully saturated rings. The Morgan fingerprint density at radius 3 is 2.58 bits per heavy atom. The third kappa shape index (κ3) is 3.85. The van der Waals surface area contributed by atoms with Gasteiger partial charge in [-0.2, -0.15) is 0 Å². The van der Waals surface area contributed by atoms with E-state index in [2.05, 4.69) is 21.2 Å². The van der Waals surface area contributed by atoms with Gasteiger partial charge >= 0.3 is 0 Å². The number of nitrogens with one attached hydrogen (secondary N) is 1. The molecule has 0 aliphatic carbocycles. The lowest BCUT2D eigenvalue weighted by Crippen LogP contribution is -2.18. The monoisotopic (exact) mass is 325 g/mol. The van der Waals surface area contributed by atoms with Crippen LogP contribution in [-0.4, -0.2) is 0 Å². The molecular weight excluding hydrogens is 312 g/mol. The lowest BCUT2D eigenvalue weighted by molar-refractivity contribution is 0.504. The zero-order valence-corrected chi connectivity index (χ0v) is 12.0. The average Bonchev–Trinajstić information content (AvgIpc) is 2.40. The third-order valence-corrected chi connectivity index (χ3v) is 3.44. The highest BCUT2D eigenvalue weighted by molar-refractivity contribution is 9.10. The molecule has 1 N–H and O–H groups in total. The van der Waals surface area contributed by atoms with Gasteiger partial charge in [0.1, 0.15) is 0 Å². The summed E-state index contributed by atoms with van der Waals surface area (Å²) in [6.07, 6.45) is 0. The molecule has 0 aromatic heterocycles. The molecule has 0 unspecified atom stereocenters. The van der Waals surface area contributed by atoms with Gasteiger partial charge in [-0.05, 0) is 42.3 Å². The van der Waals surface area contributed by atoms with Crippen LogP contribution in [0.1, 0.15) is 24.1 Å². The van der Waals surface area contributed by atoms with Crippen LogP contribution in [-0.2, 0) is 6.54 Å². The third-order valence-electron chi connectivity index (χ3n) is 2.95. The van der Waals surface area contributed by atoms with Crippen LogP contribution < -0.4 is 5.32 Å². The minimum absolute atomic E-state index is 0.130. The summed E-state index contributed by atoms with van der Waals surface area (Å²) >= 11 is 3.42. The zero-order valence-electron chi connectivity index (χ0n) is 10.5. The van der Waals surface area contributed by atoms with E-state index in [-0.39, 0.29) is 6.04 Å². The first kappa shape index (κ1) is 14.2. The Balaban J connectivity index is 2.00. The summed E-state index contributed by atoms with van der Waals surface area (Å²) in [4.78, 5) is 0. The molecule has 0 aliphatic rings. The van der Waals surface area contributed by atoms with E-state index in [0.29, 0.717) is 6.54 Å². The van der Waals surface area contributed by atoms with Gasteiger partial charge in [0.2, 0.25) is 0 Å². The summed E-state index contributed by atoms with van der Waals surface area (Å²) in [5, 5.41) is 3.28. The Morgan fingerprint density at radius 1 is 1.11 bits per heavy atom. The smallest absolute Gasteiger partial charge is 0.159 e. The lowest BCUT2D eigenvalue weighted by atomic mass is 10.1. The summed E-state index contributed by atoms with van der Waals surface area (Å²) in [6, 6.07) is 12.1. The fourth-order valence-corrected chi connectivity index (χ4v) is 2.23. The van der Waals surface area contributed by atoms with Crippen molar-refractivity contribution < 1.29 is 8.78 Å². The molecule has 0 amide bonds. The largest absolute Gasteiger partial charge is 0.306 e. The van der Waals surface area contributed by atoms with Crippen molar-refractivity contribution in [3.63, 3.8) is 0 Å². The molecule has 0 bridgehead atoms. The van der Waals surface area contributed by atoms with Gasteiger partial charge in [-0.25, -0.2) is 8.78 Å². The van der Waals surface area contributed by atoms with Crippen LogP contribution in [0.5, 0.6) is 0 Å². The summed E-state index contributed by atoms with van der Waals surface area (Å²) in [7, 11) is 0. The molecule has 0 saturated heterocycles. The Morgan fingerprint density at radius 2 is 1.89 bits per heavy atom. The predicted octanol–water partition coefficient (Wildman–Crippen LogP) is 4.58. The highest BCUT2D eigenvalue weighted by Crippen LogP contribution is 2.18. The molecule has 4 heteroatoms. The molecule has 0 spiro atoms. The standard InChI is InChI=1S/C15H14BrF2N/c1-10(12-3-2-4-13(16)8-12)19-9-11-5-6-14(17)15(18)7-11/h2-8,10,19H,9H2,1H3/t10-/m0/s1. The normalized spacial score (nSPS) is 12.4. The SMILES string of the molecule is C[C@H](NCc1ccc(F)c(F)c1)c1cccc(Br)c1. The van der Waals surface area contributed by atoms with Gasteiger partial charge in [0.15, 0.2) is 11.6 Å². The molecule has 0 radical (unpaired) electrons. The van der Waals surface area contributed by atoms with Gasteiger partial charge in [-0.1, -0.05) is 34.1 Å². The van der Waals surface area contributed by atoms with E-state index in [9.17, 15) is 8.78 Å². The molecule has 0 saturated carbocycles. The van der Waals surface area contributed by atoms with E-state index in [1.165, 1.54) is 6.07 Å². The molecule has 2 aromatic rings. The van der Waals surface area contributed by atoms with Gasteiger partial charge in [-0.3, -0.25) is 0 Å². The van der Waals surface area contributed by atoms with E-state index >= 15 is 0 Å². The van der Waals surface area contributed by atoms with Crippen LogP contribution in [0.4, 0.5) is 8.78 Å². The minimum atomic E-state index is -0.816. The van der Waals surface area contributed by atoms with Crippen molar-refractivity contribution in [2.24, 2.45) is 0 Å². The molecule has 100 valence electrons.